The Bertz CT molecular complexity index is 652. The third-order valence-corrected chi connectivity index (χ3v) is 2.75. The van der Waals surface area contributed by atoms with Crippen molar-refractivity contribution >= 4 is 11.6 Å². The van der Waals surface area contributed by atoms with Gasteiger partial charge in [0.1, 0.15) is 18.5 Å². The third kappa shape index (κ3) is 3.01. The lowest BCUT2D eigenvalue weighted by atomic mass is 10.1. The average molecular weight is 280 g/mol. The molecule has 0 aliphatic heterocycles. The van der Waals surface area contributed by atoms with Crippen molar-refractivity contribution in [1.82, 2.24) is 0 Å². The Kier molecular flexibility index (Phi) is 3.98. The van der Waals surface area contributed by atoms with Crippen LogP contribution in [0.3, 0.4) is 0 Å². The van der Waals surface area contributed by atoms with Gasteiger partial charge in [0.2, 0.25) is 0 Å². The second-order valence-electron chi connectivity index (χ2n) is 3.77. The van der Waals surface area contributed by atoms with E-state index in [9.17, 15) is 8.78 Å². The van der Waals surface area contributed by atoms with E-state index in [1.165, 1.54) is 30.3 Å². The van der Waals surface area contributed by atoms with Crippen LogP contribution in [-0.2, 0) is 6.61 Å². The van der Waals surface area contributed by atoms with Gasteiger partial charge in [0.05, 0.1) is 10.6 Å². The van der Waals surface area contributed by atoms with Crippen LogP contribution in [0.15, 0.2) is 36.4 Å². The van der Waals surface area contributed by atoms with Gasteiger partial charge in [-0.1, -0.05) is 23.7 Å². The predicted octanol–water partition coefficient (Wildman–Crippen LogP) is 4.07. The van der Waals surface area contributed by atoms with Gasteiger partial charge >= 0.3 is 0 Å². The molecule has 2 nitrogen and oxygen atoms in total. The molecule has 0 unspecified atom stereocenters. The lowest BCUT2D eigenvalue weighted by molar-refractivity contribution is 0.290. The number of benzene rings is 2. The minimum Gasteiger partial charge on any atom is -0.486 e. The van der Waals surface area contributed by atoms with E-state index in [2.05, 4.69) is 0 Å². The first-order valence-corrected chi connectivity index (χ1v) is 5.75. The van der Waals surface area contributed by atoms with Crippen molar-refractivity contribution in [3.63, 3.8) is 0 Å². The number of ether oxygens (including phenoxy) is 1. The fourth-order valence-electron chi connectivity index (χ4n) is 1.50. The Morgan fingerprint density at radius 2 is 2.00 bits per heavy atom. The Labute approximate surface area is 113 Å². The molecule has 0 aromatic heterocycles. The molecule has 5 heteroatoms. The van der Waals surface area contributed by atoms with Gasteiger partial charge in [-0.3, -0.25) is 0 Å². The Balaban J connectivity index is 2.15. The zero-order chi connectivity index (χ0) is 13.8. The molecule has 2 aromatic rings. The Morgan fingerprint density at radius 1 is 1.21 bits per heavy atom. The Hall–Kier alpha value is -2.12. The number of hydrogen-bond donors (Lipinski definition) is 0. The summed E-state index contributed by atoms with van der Waals surface area (Å²) in [6, 6.07) is 10.1. The van der Waals surface area contributed by atoms with Crippen LogP contribution in [0.1, 0.15) is 11.1 Å². The van der Waals surface area contributed by atoms with E-state index in [1.54, 1.807) is 12.1 Å². The van der Waals surface area contributed by atoms with Gasteiger partial charge in [-0.2, -0.15) is 5.26 Å². The lowest BCUT2D eigenvalue weighted by Crippen LogP contribution is -1.99. The molecule has 0 spiro atoms. The van der Waals surface area contributed by atoms with Gasteiger partial charge < -0.3 is 4.74 Å². The fourth-order valence-corrected chi connectivity index (χ4v) is 1.67. The molecule has 0 fully saturated rings. The molecule has 0 bridgehead atoms. The van der Waals surface area contributed by atoms with E-state index >= 15 is 0 Å². The summed E-state index contributed by atoms with van der Waals surface area (Å²) in [5, 5.41) is 8.67. The molecule has 2 aromatic carbocycles. The highest BCUT2D eigenvalue weighted by molar-refractivity contribution is 6.30. The summed E-state index contributed by atoms with van der Waals surface area (Å²) < 4.78 is 31.9. The molecular formula is C14H8ClF2NO. The first-order chi connectivity index (χ1) is 9.11. The molecule has 96 valence electrons. The highest BCUT2D eigenvalue weighted by Gasteiger charge is 2.08. The van der Waals surface area contributed by atoms with Gasteiger partial charge in [-0.05, 0) is 29.8 Å². The van der Waals surface area contributed by atoms with Crippen LogP contribution in [0, 0.1) is 23.0 Å². The van der Waals surface area contributed by atoms with Crippen molar-refractivity contribution in [3.05, 3.63) is 64.2 Å². The van der Waals surface area contributed by atoms with Crippen LogP contribution in [0.4, 0.5) is 8.78 Å². The van der Waals surface area contributed by atoms with Crippen molar-refractivity contribution in [2.24, 2.45) is 0 Å². The third-order valence-electron chi connectivity index (χ3n) is 2.46. The molecule has 0 heterocycles. The van der Waals surface area contributed by atoms with Crippen molar-refractivity contribution < 1.29 is 13.5 Å². The maximum atomic E-state index is 13.5. The monoisotopic (exact) mass is 279 g/mol. The van der Waals surface area contributed by atoms with Gasteiger partial charge in [0.15, 0.2) is 11.6 Å². The van der Waals surface area contributed by atoms with E-state index in [0.29, 0.717) is 5.56 Å². The van der Waals surface area contributed by atoms with Gasteiger partial charge in [-0.15, -0.1) is 0 Å². The standard InChI is InChI=1S/C14H8ClF2NO/c15-11-2-1-3-13(14(11)17)19-8-9-4-5-12(16)10(6-9)7-18/h1-6H,8H2. The SMILES string of the molecule is N#Cc1cc(COc2cccc(Cl)c2F)ccc1F. The lowest BCUT2D eigenvalue weighted by Gasteiger charge is -2.08. The van der Waals surface area contributed by atoms with Crippen LogP contribution < -0.4 is 4.74 Å². The van der Waals surface area contributed by atoms with Gasteiger partial charge in [0, 0.05) is 0 Å². The second kappa shape index (κ2) is 5.68. The molecule has 0 amide bonds. The van der Waals surface area contributed by atoms with Crippen molar-refractivity contribution in [2.75, 3.05) is 0 Å². The largest absolute Gasteiger partial charge is 0.486 e. The molecular weight excluding hydrogens is 272 g/mol. The molecule has 0 radical (unpaired) electrons. The first-order valence-electron chi connectivity index (χ1n) is 5.37. The topological polar surface area (TPSA) is 33.0 Å². The summed E-state index contributed by atoms with van der Waals surface area (Å²) in [5.41, 5.74) is 0.491. The van der Waals surface area contributed by atoms with E-state index in [0.717, 1.165) is 0 Å². The molecule has 2 rings (SSSR count). The highest BCUT2D eigenvalue weighted by atomic mass is 35.5. The molecule has 0 saturated heterocycles. The fraction of sp³-hybridized carbons (Fsp3) is 0.0714. The number of nitriles is 1. The highest BCUT2D eigenvalue weighted by Crippen LogP contribution is 2.25. The van der Waals surface area contributed by atoms with Gasteiger partial charge in [0.25, 0.3) is 0 Å². The van der Waals surface area contributed by atoms with Crippen LogP contribution in [0.25, 0.3) is 0 Å². The van der Waals surface area contributed by atoms with Gasteiger partial charge in [-0.25, -0.2) is 8.78 Å². The Morgan fingerprint density at radius 3 is 2.74 bits per heavy atom. The molecule has 0 N–H and O–H groups in total. The smallest absolute Gasteiger partial charge is 0.183 e. The minimum atomic E-state index is -0.646. The van der Waals surface area contributed by atoms with Crippen LogP contribution in [0.2, 0.25) is 5.02 Å². The molecule has 0 aliphatic rings. The number of hydrogen-bond acceptors (Lipinski definition) is 2. The summed E-state index contributed by atoms with van der Waals surface area (Å²) in [4.78, 5) is 0. The van der Waals surface area contributed by atoms with Crippen molar-refractivity contribution in [1.29, 1.82) is 5.26 Å². The molecule has 19 heavy (non-hydrogen) atoms. The summed E-state index contributed by atoms with van der Waals surface area (Å²) in [6.07, 6.45) is 0. The van der Waals surface area contributed by atoms with E-state index in [4.69, 9.17) is 21.6 Å². The zero-order valence-corrected chi connectivity index (χ0v) is 10.4. The quantitative estimate of drug-likeness (QED) is 0.848. The minimum absolute atomic E-state index is 0.00957. The van der Waals surface area contributed by atoms with Crippen LogP contribution >= 0.6 is 11.6 Å². The number of halogens is 3. The molecule has 0 atom stereocenters. The van der Waals surface area contributed by atoms with Crippen LogP contribution in [0.5, 0.6) is 5.75 Å². The number of rotatable bonds is 3. The summed E-state index contributed by atoms with van der Waals surface area (Å²) in [5.74, 6) is -1.23. The first kappa shape index (κ1) is 13.3. The van der Waals surface area contributed by atoms with Crippen molar-refractivity contribution in [3.8, 4) is 11.8 Å². The average Bonchev–Trinajstić information content (AvgIpc) is 2.42. The molecule has 0 aliphatic carbocycles. The predicted molar refractivity (Wildman–Crippen MR) is 66.9 cm³/mol. The molecule has 0 saturated carbocycles. The zero-order valence-electron chi connectivity index (χ0n) is 9.66. The second-order valence-corrected chi connectivity index (χ2v) is 4.17. The summed E-state index contributed by atoms with van der Waals surface area (Å²) in [6.45, 7) is 0.0201. The summed E-state index contributed by atoms with van der Waals surface area (Å²) in [7, 11) is 0. The van der Waals surface area contributed by atoms with E-state index in [1.807, 2.05) is 0 Å². The van der Waals surface area contributed by atoms with E-state index < -0.39 is 11.6 Å². The normalized spacial score (nSPS) is 10.0. The van der Waals surface area contributed by atoms with E-state index in [-0.39, 0.29) is 22.9 Å². The summed E-state index contributed by atoms with van der Waals surface area (Å²) >= 11 is 5.62. The maximum absolute atomic E-state index is 13.5. The van der Waals surface area contributed by atoms with Crippen molar-refractivity contribution in [2.45, 2.75) is 6.61 Å². The van der Waals surface area contributed by atoms with Crippen LogP contribution in [-0.4, -0.2) is 0 Å². The number of nitrogens with zero attached hydrogens (tertiary/aromatic N) is 1. The maximum Gasteiger partial charge on any atom is 0.183 e.